The minimum absolute atomic E-state index is 1.08. The molecule has 0 amide bonds. The molecule has 1 aliphatic heterocycles. The number of piperazine rings is 1. The molecule has 3 heteroatoms. The summed E-state index contributed by atoms with van der Waals surface area (Å²) in [6, 6.07) is 6.61. The molecule has 1 aromatic carbocycles. The van der Waals surface area contributed by atoms with Crippen LogP contribution in [-0.4, -0.2) is 31.2 Å². The van der Waals surface area contributed by atoms with Crippen LogP contribution in [0.5, 0.6) is 0 Å². The second-order valence-corrected chi connectivity index (χ2v) is 4.46. The summed E-state index contributed by atoms with van der Waals surface area (Å²) in [4.78, 5) is 5.81. The van der Waals surface area contributed by atoms with Crippen molar-refractivity contribution in [2.75, 3.05) is 31.1 Å². The van der Waals surface area contributed by atoms with Crippen molar-refractivity contribution in [1.29, 1.82) is 0 Å². The number of hydrogen-bond acceptors (Lipinski definition) is 2. The lowest BCUT2D eigenvalue weighted by atomic mass is 10.1. The van der Waals surface area contributed by atoms with E-state index in [2.05, 4.69) is 46.5 Å². The SMILES string of the molecule is Cc1ccc2c(N3CCNCC3)c[nH]c2c1. The summed E-state index contributed by atoms with van der Waals surface area (Å²) in [5, 5.41) is 4.72. The normalized spacial score (nSPS) is 16.9. The lowest BCUT2D eigenvalue weighted by molar-refractivity contribution is 0.590. The fraction of sp³-hybridized carbons (Fsp3) is 0.385. The van der Waals surface area contributed by atoms with Gasteiger partial charge in [0.15, 0.2) is 0 Å². The number of rotatable bonds is 1. The van der Waals surface area contributed by atoms with E-state index >= 15 is 0 Å². The van der Waals surface area contributed by atoms with E-state index in [0.717, 1.165) is 26.2 Å². The van der Waals surface area contributed by atoms with Gasteiger partial charge in [-0.3, -0.25) is 0 Å². The number of aryl methyl sites for hydroxylation is 1. The van der Waals surface area contributed by atoms with E-state index in [0.29, 0.717) is 0 Å². The molecule has 2 heterocycles. The van der Waals surface area contributed by atoms with Gasteiger partial charge in [-0.05, 0) is 18.6 Å². The maximum Gasteiger partial charge on any atom is 0.0624 e. The van der Waals surface area contributed by atoms with Crippen molar-refractivity contribution in [1.82, 2.24) is 10.3 Å². The first-order valence-electron chi connectivity index (χ1n) is 5.88. The van der Waals surface area contributed by atoms with Crippen LogP contribution >= 0.6 is 0 Å². The van der Waals surface area contributed by atoms with E-state index in [1.807, 2.05) is 0 Å². The molecule has 0 saturated carbocycles. The van der Waals surface area contributed by atoms with Crippen molar-refractivity contribution < 1.29 is 0 Å². The second-order valence-electron chi connectivity index (χ2n) is 4.46. The van der Waals surface area contributed by atoms with E-state index in [1.54, 1.807) is 0 Å². The smallest absolute Gasteiger partial charge is 0.0624 e. The minimum Gasteiger partial charge on any atom is -0.367 e. The monoisotopic (exact) mass is 215 g/mol. The number of aromatic amines is 1. The van der Waals surface area contributed by atoms with Crippen molar-refractivity contribution in [2.45, 2.75) is 6.92 Å². The van der Waals surface area contributed by atoms with Gasteiger partial charge >= 0.3 is 0 Å². The molecule has 0 bridgehead atoms. The standard InChI is InChI=1S/C13H17N3/c1-10-2-3-11-12(8-10)15-9-13(11)16-6-4-14-5-7-16/h2-3,8-9,14-15H,4-7H2,1H3. The third kappa shape index (κ3) is 1.57. The molecule has 2 N–H and O–H groups in total. The second kappa shape index (κ2) is 3.83. The van der Waals surface area contributed by atoms with Gasteiger partial charge in [0.1, 0.15) is 0 Å². The Morgan fingerprint density at radius 3 is 2.81 bits per heavy atom. The molecule has 0 unspecified atom stereocenters. The molecule has 3 rings (SSSR count). The van der Waals surface area contributed by atoms with E-state index in [4.69, 9.17) is 0 Å². The highest BCUT2D eigenvalue weighted by molar-refractivity contribution is 5.93. The number of hydrogen-bond donors (Lipinski definition) is 2. The number of fused-ring (bicyclic) bond motifs is 1. The van der Waals surface area contributed by atoms with Crippen molar-refractivity contribution >= 4 is 16.6 Å². The number of benzene rings is 1. The molecule has 0 spiro atoms. The third-order valence-electron chi connectivity index (χ3n) is 3.27. The van der Waals surface area contributed by atoms with Crippen LogP contribution < -0.4 is 10.2 Å². The van der Waals surface area contributed by atoms with Crippen LogP contribution in [0.2, 0.25) is 0 Å². The minimum atomic E-state index is 1.08. The fourth-order valence-electron chi connectivity index (χ4n) is 2.39. The van der Waals surface area contributed by atoms with Crippen LogP contribution in [0.15, 0.2) is 24.4 Å². The Bertz CT molecular complexity index is 495. The average molecular weight is 215 g/mol. The maximum atomic E-state index is 3.38. The highest BCUT2D eigenvalue weighted by Crippen LogP contribution is 2.27. The van der Waals surface area contributed by atoms with Gasteiger partial charge < -0.3 is 15.2 Å². The topological polar surface area (TPSA) is 31.1 Å². The highest BCUT2D eigenvalue weighted by atomic mass is 15.2. The summed E-state index contributed by atoms with van der Waals surface area (Å²) in [6.07, 6.45) is 2.13. The van der Waals surface area contributed by atoms with Crippen LogP contribution in [0.3, 0.4) is 0 Å². The van der Waals surface area contributed by atoms with Gasteiger partial charge in [-0.15, -0.1) is 0 Å². The zero-order valence-corrected chi connectivity index (χ0v) is 9.59. The molecule has 1 fully saturated rings. The Morgan fingerprint density at radius 1 is 1.19 bits per heavy atom. The molecule has 0 aliphatic carbocycles. The van der Waals surface area contributed by atoms with Gasteiger partial charge in [0.25, 0.3) is 0 Å². The highest BCUT2D eigenvalue weighted by Gasteiger charge is 2.13. The third-order valence-corrected chi connectivity index (χ3v) is 3.27. The zero-order valence-electron chi connectivity index (χ0n) is 9.59. The lowest BCUT2D eigenvalue weighted by Gasteiger charge is -2.28. The first-order valence-corrected chi connectivity index (χ1v) is 5.88. The molecule has 1 aromatic heterocycles. The maximum absolute atomic E-state index is 3.38. The molecule has 3 nitrogen and oxygen atoms in total. The van der Waals surface area contributed by atoms with E-state index in [9.17, 15) is 0 Å². The predicted octanol–water partition coefficient (Wildman–Crippen LogP) is 1.89. The van der Waals surface area contributed by atoms with Crippen molar-refractivity contribution in [2.24, 2.45) is 0 Å². The first kappa shape index (κ1) is 9.73. The summed E-state index contributed by atoms with van der Waals surface area (Å²) in [5.41, 5.74) is 3.89. The van der Waals surface area contributed by atoms with Crippen LogP contribution in [0, 0.1) is 6.92 Å². The van der Waals surface area contributed by atoms with E-state index < -0.39 is 0 Å². The van der Waals surface area contributed by atoms with E-state index in [1.165, 1.54) is 22.2 Å². The van der Waals surface area contributed by atoms with Gasteiger partial charge in [0.05, 0.1) is 5.69 Å². The summed E-state index contributed by atoms with van der Waals surface area (Å²) < 4.78 is 0. The molecule has 0 radical (unpaired) electrons. The number of anilines is 1. The van der Waals surface area contributed by atoms with Gasteiger partial charge in [0.2, 0.25) is 0 Å². The van der Waals surface area contributed by atoms with Crippen molar-refractivity contribution in [3.8, 4) is 0 Å². The lowest BCUT2D eigenvalue weighted by Crippen LogP contribution is -2.43. The van der Waals surface area contributed by atoms with Gasteiger partial charge in [-0.25, -0.2) is 0 Å². The quantitative estimate of drug-likeness (QED) is 0.761. The van der Waals surface area contributed by atoms with Crippen LogP contribution in [-0.2, 0) is 0 Å². The van der Waals surface area contributed by atoms with Gasteiger partial charge in [0, 0.05) is 43.3 Å². The van der Waals surface area contributed by atoms with Crippen molar-refractivity contribution in [3.63, 3.8) is 0 Å². The summed E-state index contributed by atoms with van der Waals surface area (Å²) in [5.74, 6) is 0. The molecule has 1 saturated heterocycles. The first-order chi connectivity index (χ1) is 7.84. The Kier molecular flexibility index (Phi) is 2.33. The molecule has 0 atom stereocenters. The van der Waals surface area contributed by atoms with Crippen LogP contribution in [0.25, 0.3) is 10.9 Å². The van der Waals surface area contributed by atoms with E-state index in [-0.39, 0.29) is 0 Å². The zero-order chi connectivity index (χ0) is 11.0. The summed E-state index contributed by atoms with van der Waals surface area (Å²) >= 11 is 0. The largest absolute Gasteiger partial charge is 0.367 e. The van der Waals surface area contributed by atoms with Crippen LogP contribution in [0.1, 0.15) is 5.56 Å². The van der Waals surface area contributed by atoms with Gasteiger partial charge in [-0.2, -0.15) is 0 Å². The molecule has 84 valence electrons. The number of H-pyrrole nitrogens is 1. The van der Waals surface area contributed by atoms with Crippen molar-refractivity contribution in [3.05, 3.63) is 30.0 Å². The predicted molar refractivity (Wildman–Crippen MR) is 68.1 cm³/mol. The Balaban J connectivity index is 2.03. The molecule has 2 aromatic rings. The molecule has 1 aliphatic rings. The molecule has 16 heavy (non-hydrogen) atoms. The molecular weight excluding hydrogens is 198 g/mol. The molecular formula is C13H17N3. The van der Waals surface area contributed by atoms with Crippen LogP contribution in [0.4, 0.5) is 5.69 Å². The van der Waals surface area contributed by atoms with Gasteiger partial charge in [-0.1, -0.05) is 12.1 Å². The Morgan fingerprint density at radius 2 is 2.00 bits per heavy atom. The Hall–Kier alpha value is -1.48. The summed E-state index contributed by atoms with van der Waals surface area (Å²) in [7, 11) is 0. The number of nitrogens with zero attached hydrogens (tertiary/aromatic N) is 1. The fourth-order valence-corrected chi connectivity index (χ4v) is 2.39. The number of aromatic nitrogens is 1. The average Bonchev–Trinajstić information content (AvgIpc) is 2.73. The number of nitrogens with one attached hydrogen (secondary N) is 2. The Labute approximate surface area is 95.5 Å². The summed E-state index contributed by atoms with van der Waals surface area (Å²) in [6.45, 7) is 6.49.